The SMILES string of the molecule is CCCCCCCCC(CCCCCC)COC1CCCC1. The highest BCUT2D eigenvalue weighted by Gasteiger charge is 2.17. The Bertz CT molecular complexity index is 220. The van der Waals surface area contributed by atoms with Crippen molar-refractivity contribution in [2.45, 2.75) is 123 Å². The number of unbranched alkanes of at least 4 members (excludes halogenated alkanes) is 8. The summed E-state index contributed by atoms with van der Waals surface area (Å²) >= 11 is 0. The third kappa shape index (κ3) is 10.6. The van der Waals surface area contributed by atoms with Crippen molar-refractivity contribution in [2.75, 3.05) is 6.61 Å². The fraction of sp³-hybridized carbons (Fsp3) is 1.00. The second-order valence-corrected chi connectivity index (χ2v) is 7.51. The molecule has 1 rings (SSSR count). The summed E-state index contributed by atoms with van der Waals surface area (Å²) in [5.74, 6) is 0.837. The van der Waals surface area contributed by atoms with Crippen molar-refractivity contribution >= 4 is 0 Å². The van der Waals surface area contributed by atoms with Gasteiger partial charge in [0.2, 0.25) is 0 Å². The van der Waals surface area contributed by atoms with Gasteiger partial charge in [-0.25, -0.2) is 0 Å². The van der Waals surface area contributed by atoms with Crippen LogP contribution in [0.3, 0.4) is 0 Å². The lowest BCUT2D eigenvalue weighted by Crippen LogP contribution is -2.16. The van der Waals surface area contributed by atoms with E-state index in [1.165, 1.54) is 103 Å². The molecule has 0 aliphatic heterocycles. The van der Waals surface area contributed by atoms with Crippen LogP contribution in [-0.4, -0.2) is 12.7 Å². The molecule has 0 aromatic heterocycles. The maximum atomic E-state index is 6.22. The van der Waals surface area contributed by atoms with E-state index >= 15 is 0 Å². The van der Waals surface area contributed by atoms with Gasteiger partial charge in [0.1, 0.15) is 0 Å². The van der Waals surface area contributed by atoms with Crippen LogP contribution in [0, 0.1) is 5.92 Å². The van der Waals surface area contributed by atoms with Crippen LogP contribution in [0.2, 0.25) is 0 Å². The smallest absolute Gasteiger partial charge is 0.0575 e. The van der Waals surface area contributed by atoms with E-state index in [4.69, 9.17) is 4.74 Å². The van der Waals surface area contributed by atoms with Crippen molar-refractivity contribution < 1.29 is 4.74 Å². The predicted octanol–water partition coefficient (Wildman–Crippen LogP) is 7.28. The third-order valence-electron chi connectivity index (χ3n) is 5.30. The summed E-state index contributed by atoms with van der Waals surface area (Å²) in [6, 6.07) is 0. The van der Waals surface area contributed by atoms with Gasteiger partial charge in [0.25, 0.3) is 0 Å². The Kier molecular flexibility index (Phi) is 13.2. The van der Waals surface area contributed by atoms with Crippen molar-refractivity contribution in [1.82, 2.24) is 0 Å². The van der Waals surface area contributed by atoms with Crippen LogP contribution in [0.4, 0.5) is 0 Å². The lowest BCUT2D eigenvalue weighted by atomic mass is 9.95. The first-order valence-corrected chi connectivity index (χ1v) is 10.5. The van der Waals surface area contributed by atoms with E-state index in [1.807, 2.05) is 0 Å². The zero-order valence-electron chi connectivity index (χ0n) is 15.6. The van der Waals surface area contributed by atoms with E-state index in [0.717, 1.165) is 12.5 Å². The van der Waals surface area contributed by atoms with Crippen LogP contribution < -0.4 is 0 Å². The maximum Gasteiger partial charge on any atom is 0.0575 e. The van der Waals surface area contributed by atoms with E-state index in [-0.39, 0.29) is 0 Å². The number of rotatable bonds is 15. The minimum absolute atomic E-state index is 0.600. The average molecular weight is 311 g/mol. The lowest BCUT2D eigenvalue weighted by molar-refractivity contribution is 0.0284. The van der Waals surface area contributed by atoms with Gasteiger partial charge in [0, 0.05) is 6.61 Å². The molecule has 0 aromatic rings. The van der Waals surface area contributed by atoms with Crippen LogP contribution in [0.1, 0.15) is 117 Å². The van der Waals surface area contributed by atoms with E-state index in [2.05, 4.69) is 13.8 Å². The molecule has 1 aliphatic carbocycles. The molecular weight excluding hydrogens is 268 g/mol. The summed E-state index contributed by atoms with van der Waals surface area (Å²) in [5.41, 5.74) is 0. The summed E-state index contributed by atoms with van der Waals surface area (Å²) in [6.07, 6.45) is 23.0. The lowest BCUT2D eigenvalue weighted by Gasteiger charge is -2.20. The molecule has 22 heavy (non-hydrogen) atoms. The third-order valence-corrected chi connectivity index (χ3v) is 5.30. The van der Waals surface area contributed by atoms with Gasteiger partial charge < -0.3 is 4.74 Å². The van der Waals surface area contributed by atoms with Crippen LogP contribution in [-0.2, 0) is 4.74 Å². The van der Waals surface area contributed by atoms with Gasteiger partial charge in [0.15, 0.2) is 0 Å². The van der Waals surface area contributed by atoms with Crippen LogP contribution >= 0.6 is 0 Å². The summed E-state index contributed by atoms with van der Waals surface area (Å²) in [5, 5.41) is 0. The molecule has 1 unspecified atom stereocenters. The van der Waals surface area contributed by atoms with Crippen molar-refractivity contribution in [3.8, 4) is 0 Å². The topological polar surface area (TPSA) is 9.23 Å². The zero-order chi connectivity index (χ0) is 15.9. The molecule has 0 amide bonds. The molecule has 0 saturated heterocycles. The minimum Gasteiger partial charge on any atom is -0.378 e. The molecule has 132 valence electrons. The van der Waals surface area contributed by atoms with Crippen molar-refractivity contribution in [2.24, 2.45) is 5.92 Å². The fourth-order valence-corrected chi connectivity index (χ4v) is 3.71. The first kappa shape index (κ1) is 20.0. The standard InChI is InChI=1S/C21H42O/c1-3-5-7-9-10-12-16-20(15-11-8-6-4-2)19-22-21-17-13-14-18-21/h20-21H,3-19H2,1-2H3. The van der Waals surface area contributed by atoms with Gasteiger partial charge in [0.05, 0.1) is 6.10 Å². The van der Waals surface area contributed by atoms with Crippen LogP contribution in [0.15, 0.2) is 0 Å². The highest BCUT2D eigenvalue weighted by Crippen LogP contribution is 2.24. The second-order valence-electron chi connectivity index (χ2n) is 7.51. The summed E-state index contributed by atoms with van der Waals surface area (Å²) in [7, 11) is 0. The molecule has 1 atom stereocenters. The minimum atomic E-state index is 0.600. The first-order chi connectivity index (χ1) is 10.9. The summed E-state index contributed by atoms with van der Waals surface area (Å²) in [4.78, 5) is 0. The predicted molar refractivity (Wildman–Crippen MR) is 98.5 cm³/mol. The Morgan fingerprint density at radius 3 is 1.82 bits per heavy atom. The number of ether oxygens (including phenoxy) is 1. The maximum absolute atomic E-state index is 6.22. The molecule has 0 aromatic carbocycles. The second kappa shape index (κ2) is 14.5. The largest absolute Gasteiger partial charge is 0.378 e. The van der Waals surface area contributed by atoms with Crippen molar-refractivity contribution in [1.29, 1.82) is 0 Å². The van der Waals surface area contributed by atoms with E-state index < -0.39 is 0 Å². The van der Waals surface area contributed by atoms with E-state index in [9.17, 15) is 0 Å². The quantitative estimate of drug-likeness (QED) is 0.289. The van der Waals surface area contributed by atoms with Gasteiger partial charge in [-0.3, -0.25) is 0 Å². The Labute approximate surface area is 140 Å². The molecule has 0 N–H and O–H groups in total. The molecule has 1 nitrogen and oxygen atoms in total. The van der Waals surface area contributed by atoms with Gasteiger partial charge in [-0.05, 0) is 31.6 Å². The van der Waals surface area contributed by atoms with E-state index in [1.54, 1.807) is 0 Å². The Morgan fingerprint density at radius 1 is 0.727 bits per heavy atom. The van der Waals surface area contributed by atoms with Gasteiger partial charge in [-0.2, -0.15) is 0 Å². The van der Waals surface area contributed by atoms with Gasteiger partial charge >= 0.3 is 0 Å². The number of hydrogen-bond donors (Lipinski definition) is 0. The Balaban J connectivity index is 2.11. The van der Waals surface area contributed by atoms with Crippen molar-refractivity contribution in [3.05, 3.63) is 0 Å². The Morgan fingerprint density at radius 2 is 1.23 bits per heavy atom. The molecule has 1 heteroatoms. The summed E-state index contributed by atoms with van der Waals surface area (Å²) in [6.45, 7) is 5.65. The molecule has 0 bridgehead atoms. The highest BCUT2D eigenvalue weighted by atomic mass is 16.5. The summed E-state index contributed by atoms with van der Waals surface area (Å²) < 4.78 is 6.22. The molecule has 0 heterocycles. The molecule has 0 spiro atoms. The monoisotopic (exact) mass is 310 g/mol. The highest BCUT2D eigenvalue weighted by molar-refractivity contribution is 4.68. The first-order valence-electron chi connectivity index (χ1n) is 10.5. The molecule has 0 radical (unpaired) electrons. The van der Waals surface area contributed by atoms with Gasteiger partial charge in [-0.15, -0.1) is 0 Å². The van der Waals surface area contributed by atoms with Crippen LogP contribution in [0.5, 0.6) is 0 Å². The molecule has 1 fully saturated rings. The normalized spacial score (nSPS) is 17.2. The van der Waals surface area contributed by atoms with Crippen LogP contribution in [0.25, 0.3) is 0 Å². The Hall–Kier alpha value is -0.0400. The number of hydrogen-bond acceptors (Lipinski definition) is 1. The van der Waals surface area contributed by atoms with Crippen molar-refractivity contribution in [3.63, 3.8) is 0 Å². The van der Waals surface area contributed by atoms with Gasteiger partial charge in [-0.1, -0.05) is 90.9 Å². The fourth-order valence-electron chi connectivity index (χ4n) is 3.71. The molecular formula is C21H42O. The molecule has 1 aliphatic rings. The van der Waals surface area contributed by atoms with E-state index in [0.29, 0.717) is 6.10 Å². The average Bonchev–Trinajstić information content (AvgIpc) is 3.05. The molecule has 1 saturated carbocycles. The zero-order valence-corrected chi connectivity index (χ0v) is 15.6.